The van der Waals surface area contributed by atoms with Gasteiger partial charge in [0.15, 0.2) is 0 Å². The van der Waals surface area contributed by atoms with Gasteiger partial charge in [-0.2, -0.15) is 10.2 Å². The number of para-hydroxylation sites is 1. The summed E-state index contributed by atoms with van der Waals surface area (Å²) in [5.41, 5.74) is 0.247. The summed E-state index contributed by atoms with van der Waals surface area (Å²) in [7, 11) is 0. The van der Waals surface area contributed by atoms with E-state index in [1.54, 1.807) is 24.3 Å². The van der Waals surface area contributed by atoms with Crippen LogP contribution >= 0.6 is 11.6 Å². The summed E-state index contributed by atoms with van der Waals surface area (Å²) in [5.74, 6) is 0.458. The Hall–Kier alpha value is -2.12. The van der Waals surface area contributed by atoms with Crippen LogP contribution in [0.15, 0.2) is 36.5 Å². The van der Waals surface area contributed by atoms with Gasteiger partial charge < -0.3 is 4.74 Å². The third kappa shape index (κ3) is 2.27. The van der Waals surface area contributed by atoms with Gasteiger partial charge in [-0.05, 0) is 18.2 Å². The first kappa shape index (κ1) is 10.4. The van der Waals surface area contributed by atoms with E-state index >= 15 is 0 Å². The molecule has 0 amide bonds. The van der Waals surface area contributed by atoms with Gasteiger partial charge in [-0.15, -0.1) is 0 Å². The molecule has 0 N–H and O–H groups in total. The maximum absolute atomic E-state index is 8.66. The molecule has 1 aromatic carbocycles. The van der Waals surface area contributed by atoms with Crippen molar-refractivity contribution in [1.29, 1.82) is 5.26 Å². The summed E-state index contributed by atoms with van der Waals surface area (Å²) in [6.07, 6.45) is 1.46. The maximum Gasteiger partial charge on any atom is 0.323 e. The summed E-state index contributed by atoms with van der Waals surface area (Å²) in [6.45, 7) is 0. The van der Waals surface area contributed by atoms with E-state index in [2.05, 4.69) is 9.97 Å². The molecule has 2 rings (SSSR count). The molecule has 0 aliphatic heterocycles. The molecule has 0 bridgehead atoms. The molecule has 0 aliphatic carbocycles. The monoisotopic (exact) mass is 231 g/mol. The highest BCUT2D eigenvalue weighted by Crippen LogP contribution is 2.26. The second kappa shape index (κ2) is 4.60. The lowest BCUT2D eigenvalue weighted by molar-refractivity contribution is 0.441. The molecule has 0 spiro atoms. The first-order chi connectivity index (χ1) is 7.79. The van der Waals surface area contributed by atoms with Crippen LogP contribution in [0.5, 0.6) is 11.8 Å². The highest BCUT2D eigenvalue weighted by atomic mass is 35.5. The van der Waals surface area contributed by atoms with E-state index in [9.17, 15) is 0 Å². The fourth-order valence-electron chi connectivity index (χ4n) is 1.08. The SMILES string of the molecule is N#Cc1ccnc(Oc2ccccc2Cl)n1. The molecular formula is C11H6ClN3O. The van der Waals surface area contributed by atoms with Crippen LogP contribution in [0, 0.1) is 11.3 Å². The number of nitrogens with zero attached hydrogens (tertiary/aromatic N) is 3. The van der Waals surface area contributed by atoms with Crippen LogP contribution in [0.1, 0.15) is 5.69 Å². The van der Waals surface area contributed by atoms with Crippen LogP contribution in [0.3, 0.4) is 0 Å². The largest absolute Gasteiger partial charge is 0.423 e. The predicted octanol–water partition coefficient (Wildman–Crippen LogP) is 2.79. The van der Waals surface area contributed by atoms with Crippen LogP contribution in [0.4, 0.5) is 0 Å². The summed E-state index contributed by atoms with van der Waals surface area (Å²) >= 11 is 5.90. The molecule has 16 heavy (non-hydrogen) atoms. The molecule has 1 aromatic heterocycles. The quantitative estimate of drug-likeness (QED) is 0.797. The zero-order valence-corrected chi connectivity index (χ0v) is 8.85. The lowest BCUT2D eigenvalue weighted by Gasteiger charge is -2.04. The number of ether oxygens (including phenoxy) is 1. The number of benzene rings is 1. The number of hydrogen-bond donors (Lipinski definition) is 0. The van der Waals surface area contributed by atoms with E-state index in [4.69, 9.17) is 21.6 Å². The number of rotatable bonds is 2. The van der Waals surface area contributed by atoms with Crippen molar-refractivity contribution < 1.29 is 4.74 Å². The van der Waals surface area contributed by atoms with Crippen LogP contribution in [-0.4, -0.2) is 9.97 Å². The molecule has 0 unspecified atom stereocenters. The molecule has 0 saturated carbocycles. The van der Waals surface area contributed by atoms with Crippen molar-refractivity contribution in [3.8, 4) is 17.8 Å². The second-order valence-electron chi connectivity index (χ2n) is 2.87. The lowest BCUT2D eigenvalue weighted by Crippen LogP contribution is -1.93. The molecule has 0 atom stereocenters. The molecular weight excluding hydrogens is 226 g/mol. The third-order valence-corrected chi connectivity index (χ3v) is 2.10. The first-order valence-corrected chi connectivity index (χ1v) is 4.83. The molecule has 78 valence electrons. The zero-order valence-electron chi connectivity index (χ0n) is 8.09. The van der Waals surface area contributed by atoms with Crippen LogP contribution in [-0.2, 0) is 0 Å². The normalized spacial score (nSPS) is 9.50. The van der Waals surface area contributed by atoms with Crippen molar-refractivity contribution in [2.45, 2.75) is 0 Å². The molecule has 0 saturated heterocycles. The van der Waals surface area contributed by atoms with E-state index < -0.39 is 0 Å². The highest BCUT2D eigenvalue weighted by molar-refractivity contribution is 6.32. The van der Waals surface area contributed by atoms with Gasteiger partial charge in [0, 0.05) is 6.20 Å². The average Bonchev–Trinajstić information content (AvgIpc) is 2.32. The summed E-state index contributed by atoms with van der Waals surface area (Å²) in [6, 6.07) is 10.5. The summed E-state index contributed by atoms with van der Waals surface area (Å²) < 4.78 is 5.35. The van der Waals surface area contributed by atoms with Crippen molar-refractivity contribution in [2.75, 3.05) is 0 Å². The molecule has 4 nitrogen and oxygen atoms in total. The minimum atomic E-state index is 0.104. The predicted molar refractivity (Wildman–Crippen MR) is 58.3 cm³/mol. The average molecular weight is 232 g/mol. The van der Waals surface area contributed by atoms with Gasteiger partial charge in [0.05, 0.1) is 5.02 Å². The van der Waals surface area contributed by atoms with Gasteiger partial charge in [-0.1, -0.05) is 23.7 Å². The Morgan fingerprint density at radius 1 is 1.25 bits per heavy atom. The van der Waals surface area contributed by atoms with Gasteiger partial charge in [0.25, 0.3) is 0 Å². The van der Waals surface area contributed by atoms with Crippen LogP contribution in [0.25, 0.3) is 0 Å². The molecule has 5 heteroatoms. The number of aromatic nitrogens is 2. The smallest absolute Gasteiger partial charge is 0.323 e. The van der Waals surface area contributed by atoms with Gasteiger partial charge in [0.1, 0.15) is 17.5 Å². The second-order valence-corrected chi connectivity index (χ2v) is 3.28. The number of hydrogen-bond acceptors (Lipinski definition) is 4. The standard InChI is InChI=1S/C11H6ClN3O/c12-9-3-1-2-4-10(9)16-11-14-6-5-8(7-13)15-11/h1-6H. The summed E-state index contributed by atoms with van der Waals surface area (Å²) in [4.78, 5) is 7.76. The summed E-state index contributed by atoms with van der Waals surface area (Å²) in [5, 5.41) is 9.13. The number of halogens is 1. The first-order valence-electron chi connectivity index (χ1n) is 4.45. The topological polar surface area (TPSA) is 58.8 Å². The van der Waals surface area contributed by atoms with Crippen molar-refractivity contribution in [3.63, 3.8) is 0 Å². The molecule has 1 heterocycles. The van der Waals surface area contributed by atoms with Crippen LogP contribution in [0.2, 0.25) is 5.02 Å². The Kier molecular flexibility index (Phi) is 2.99. The number of nitriles is 1. The Morgan fingerprint density at radius 2 is 2.06 bits per heavy atom. The fourth-order valence-corrected chi connectivity index (χ4v) is 1.25. The van der Waals surface area contributed by atoms with Crippen molar-refractivity contribution in [2.24, 2.45) is 0 Å². The van der Waals surface area contributed by atoms with Gasteiger partial charge in [0.2, 0.25) is 0 Å². The van der Waals surface area contributed by atoms with Gasteiger partial charge in [-0.3, -0.25) is 0 Å². The van der Waals surface area contributed by atoms with Crippen molar-refractivity contribution in [3.05, 3.63) is 47.2 Å². The maximum atomic E-state index is 8.66. The Balaban J connectivity index is 2.28. The minimum Gasteiger partial charge on any atom is -0.423 e. The molecule has 0 fully saturated rings. The van der Waals surface area contributed by atoms with Gasteiger partial charge in [-0.25, -0.2) is 4.98 Å². The van der Waals surface area contributed by atoms with Gasteiger partial charge >= 0.3 is 6.01 Å². The minimum absolute atomic E-state index is 0.104. The van der Waals surface area contributed by atoms with E-state index in [0.29, 0.717) is 10.8 Å². The van der Waals surface area contributed by atoms with Crippen LogP contribution < -0.4 is 4.74 Å². The fraction of sp³-hybridized carbons (Fsp3) is 0. The molecule has 0 radical (unpaired) electrons. The zero-order chi connectivity index (χ0) is 11.4. The van der Waals surface area contributed by atoms with Crippen molar-refractivity contribution >= 4 is 11.6 Å². The van der Waals surface area contributed by atoms with E-state index in [1.165, 1.54) is 12.3 Å². The Morgan fingerprint density at radius 3 is 2.81 bits per heavy atom. The third-order valence-electron chi connectivity index (χ3n) is 1.79. The lowest BCUT2D eigenvalue weighted by atomic mass is 10.3. The molecule has 0 aliphatic rings. The van der Waals surface area contributed by atoms with E-state index in [0.717, 1.165) is 0 Å². The molecule has 2 aromatic rings. The van der Waals surface area contributed by atoms with E-state index in [1.807, 2.05) is 6.07 Å². The van der Waals surface area contributed by atoms with E-state index in [-0.39, 0.29) is 11.7 Å². The highest BCUT2D eigenvalue weighted by Gasteiger charge is 2.04. The Bertz CT molecular complexity index is 551. The Labute approximate surface area is 97.1 Å². The van der Waals surface area contributed by atoms with Crippen molar-refractivity contribution in [1.82, 2.24) is 9.97 Å².